The van der Waals surface area contributed by atoms with Gasteiger partial charge in [0, 0.05) is 13.1 Å². The molecule has 4 nitrogen and oxygen atoms in total. The first-order chi connectivity index (χ1) is 9.22. The first-order valence-corrected chi connectivity index (χ1v) is 7.03. The largest absolute Gasteiger partial charge is 0.298 e. The summed E-state index contributed by atoms with van der Waals surface area (Å²) in [5, 5.41) is 0. The molecule has 1 aromatic carbocycles. The van der Waals surface area contributed by atoms with Gasteiger partial charge in [0.2, 0.25) is 5.91 Å². The zero-order valence-electron chi connectivity index (χ0n) is 11.6. The topological polar surface area (TPSA) is 58.4 Å². The molecule has 2 rings (SSSR count). The molecule has 19 heavy (non-hydrogen) atoms. The van der Waals surface area contributed by atoms with Crippen LogP contribution in [0.2, 0.25) is 0 Å². The van der Waals surface area contributed by atoms with Crippen LogP contribution in [-0.4, -0.2) is 23.9 Å². The second kappa shape index (κ2) is 6.68. The third-order valence-corrected chi connectivity index (χ3v) is 3.86. The first-order valence-electron chi connectivity index (χ1n) is 7.03. The standard InChI is InChI=1S/C15H23N3O/c1-2-12-5-7-13(8-6-12)10-18-9-3-4-14(11-18)15(19)17-16/h5-8,14H,2-4,9-11,16H2,1H3,(H,17,19)/t14-/m1/s1. The normalized spacial score (nSPS) is 20.2. The third-order valence-electron chi connectivity index (χ3n) is 3.86. The Kier molecular flexibility index (Phi) is 4.93. The van der Waals surface area contributed by atoms with E-state index in [4.69, 9.17) is 5.84 Å². The predicted octanol–water partition coefficient (Wildman–Crippen LogP) is 1.45. The van der Waals surface area contributed by atoms with Crippen LogP contribution in [0, 0.1) is 5.92 Å². The predicted molar refractivity (Wildman–Crippen MR) is 76.2 cm³/mol. The molecule has 0 spiro atoms. The maximum absolute atomic E-state index is 11.6. The van der Waals surface area contributed by atoms with Crippen molar-refractivity contribution in [3.05, 3.63) is 35.4 Å². The van der Waals surface area contributed by atoms with Crippen molar-refractivity contribution in [1.29, 1.82) is 0 Å². The number of piperidine rings is 1. The van der Waals surface area contributed by atoms with Crippen LogP contribution in [0.25, 0.3) is 0 Å². The Hall–Kier alpha value is -1.39. The lowest BCUT2D eigenvalue weighted by atomic mass is 9.97. The molecule has 1 amide bonds. The Morgan fingerprint density at radius 1 is 1.37 bits per heavy atom. The number of nitrogens with one attached hydrogen (secondary N) is 1. The number of aryl methyl sites for hydroxylation is 1. The van der Waals surface area contributed by atoms with Crippen LogP contribution in [-0.2, 0) is 17.8 Å². The van der Waals surface area contributed by atoms with Crippen molar-refractivity contribution in [3.8, 4) is 0 Å². The summed E-state index contributed by atoms with van der Waals surface area (Å²) >= 11 is 0. The van der Waals surface area contributed by atoms with Crippen molar-refractivity contribution in [2.24, 2.45) is 11.8 Å². The molecule has 1 aliphatic rings. The van der Waals surface area contributed by atoms with Crippen molar-refractivity contribution in [2.75, 3.05) is 13.1 Å². The van der Waals surface area contributed by atoms with Crippen molar-refractivity contribution in [2.45, 2.75) is 32.7 Å². The van der Waals surface area contributed by atoms with Gasteiger partial charge in [0.25, 0.3) is 0 Å². The number of rotatable bonds is 4. The number of hydrogen-bond donors (Lipinski definition) is 2. The molecule has 0 bridgehead atoms. The average Bonchev–Trinajstić information content (AvgIpc) is 2.47. The molecular weight excluding hydrogens is 238 g/mol. The van der Waals surface area contributed by atoms with Gasteiger partial charge in [0.15, 0.2) is 0 Å². The van der Waals surface area contributed by atoms with E-state index in [0.717, 1.165) is 38.9 Å². The molecule has 1 aliphatic heterocycles. The molecule has 0 aromatic heterocycles. The number of hydrazine groups is 1. The van der Waals surface area contributed by atoms with Crippen molar-refractivity contribution < 1.29 is 4.79 Å². The molecule has 1 fully saturated rings. The van der Waals surface area contributed by atoms with Gasteiger partial charge in [0.05, 0.1) is 5.92 Å². The molecule has 104 valence electrons. The fourth-order valence-electron chi connectivity index (χ4n) is 2.67. The van der Waals surface area contributed by atoms with Gasteiger partial charge >= 0.3 is 0 Å². The van der Waals surface area contributed by atoms with Gasteiger partial charge in [-0.15, -0.1) is 0 Å². The van der Waals surface area contributed by atoms with Crippen molar-refractivity contribution in [1.82, 2.24) is 10.3 Å². The maximum atomic E-state index is 11.6. The number of nitrogens with zero attached hydrogens (tertiary/aromatic N) is 1. The molecule has 3 N–H and O–H groups in total. The van der Waals surface area contributed by atoms with Gasteiger partial charge in [-0.1, -0.05) is 31.2 Å². The van der Waals surface area contributed by atoms with Gasteiger partial charge in [-0.05, 0) is 36.9 Å². The number of amides is 1. The van der Waals surface area contributed by atoms with Crippen LogP contribution in [0.1, 0.15) is 30.9 Å². The van der Waals surface area contributed by atoms with E-state index in [0.29, 0.717) is 0 Å². The van der Waals surface area contributed by atoms with E-state index in [1.807, 2.05) is 0 Å². The highest BCUT2D eigenvalue weighted by Crippen LogP contribution is 2.18. The van der Waals surface area contributed by atoms with Gasteiger partial charge in [-0.3, -0.25) is 15.1 Å². The summed E-state index contributed by atoms with van der Waals surface area (Å²) in [6, 6.07) is 8.74. The summed E-state index contributed by atoms with van der Waals surface area (Å²) in [7, 11) is 0. The molecule has 1 heterocycles. The summed E-state index contributed by atoms with van der Waals surface area (Å²) in [4.78, 5) is 13.9. The van der Waals surface area contributed by atoms with Gasteiger partial charge in [0.1, 0.15) is 0 Å². The van der Waals surface area contributed by atoms with E-state index in [9.17, 15) is 4.79 Å². The summed E-state index contributed by atoms with van der Waals surface area (Å²) in [6.45, 7) is 4.94. The van der Waals surface area contributed by atoms with Crippen molar-refractivity contribution >= 4 is 5.91 Å². The van der Waals surface area contributed by atoms with Crippen LogP contribution in [0.5, 0.6) is 0 Å². The minimum Gasteiger partial charge on any atom is -0.298 e. The van der Waals surface area contributed by atoms with E-state index in [2.05, 4.69) is 41.5 Å². The highest BCUT2D eigenvalue weighted by atomic mass is 16.2. The zero-order chi connectivity index (χ0) is 13.7. The fraction of sp³-hybridized carbons (Fsp3) is 0.533. The molecule has 1 atom stereocenters. The Bertz CT molecular complexity index is 416. The van der Waals surface area contributed by atoms with Gasteiger partial charge < -0.3 is 0 Å². The number of hydrogen-bond acceptors (Lipinski definition) is 3. The molecule has 0 radical (unpaired) electrons. The van der Waals surface area contributed by atoms with Gasteiger partial charge in [-0.2, -0.15) is 0 Å². The van der Waals surface area contributed by atoms with E-state index in [1.165, 1.54) is 11.1 Å². The molecule has 0 unspecified atom stereocenters. The van der Waals surface area contributed by atoms with Crippen LogP contribution in [0.4, 0.5) is 0 Å². The maximum Gasteiger partial charge on any atom is 0.238 e. The van der Waals surface area contributed by atoms with E-state index in [-0.39, 0.29) is 11.8 Å². The monoisotopic (exact) mass is 261 g/mol. The quantitative estimate of drug-likeness (QED) is 0.490. The van der Waals surface area contributed by atoms with Crippen LogP contribution in [0.15, 0.2) is 24.3 Å². The van der Waals surface area contributed by atoms with E-state index >= 15 is 0 Å². The minimum absolute atomic E-state index is 0.0358. The molecule has 1 saturated heterocycles. The SMILES string of the molecule is CCc1ccc(CN2CCC[C@@H](C(=O)NN)C2)cc1. The van der Waals surface area contributed by atoms with Crippen LogP contribution < -0.4 is 11.3 Å². The molecular formula is C15H23N3O. The van der Waals surface area contributed by atoms with Crippen LogP contribution >= 0.6 is 0 Å². The third kappa shape index (κ3) is 3.78. The molecule has 1 aromatic rings. The smallest absolute Gasteiger partial charge is 0.238 e. The molecule has 0 saturated carbocycles. The van der Waals surface area contributed by atoms with Gasteiger partial charge in [-0.25, -0.2) is 5.84 Å². The Labute approximate surface area is 114 Å². The number of carbonyl (C=O) groups is 1. The average molecular weight is 261 g/mol. The number of carbonyl (C=O) groups excluding carboxylic acids is 1. The lowest BCUT2D eigenvalue weighted by molar-refractivity contribution is -0.126. The van der Waals surface area contributed by atoms with E-state index < -0.39 is 0 Å². The molecule has 0 aliphatic carbocycles. The number of likely N-dealkylation sites (tertiary alicyclic amines) is 1. The second-order valence-corrected chi connectivity index (χ2v) is 5.25. The lowest BCUT2D eigenvalue weighted by Crippen LogP contribution is -2.44. The number of nitrogens with two attached hydrogens (primary N) is 1. The first kappa shape index (κ1) is 14.0. The summed E-state index contributed by atoms with van der Waals surface area (Å²) < 4.78 is 0. The Morgan fingerprint density at radius 2 is 2.05 bits per heavy atom. The second-order valence-electron chi connectivity index (χ2n) is 5.25. The summed E-state index contributed by atoms with van der Waals surface area (Å²) in [6.07, 6.45) is 3.07. The highest BCUT2D eigenvalue weighted by Gasteiger charge is 2.25. The fourth-order valence-corrected chi connectivity index (χ4v) is 2.67. The summed E-state index contributed by atoms with van der Waals surface area (Å²) in [5.74, 6) is 5.21. The minimum atomic E-state index is -0.0361. The van der Waals surface area contributed by atoms with E-state index in [1.54, 1.807) is 0 Å². The highest BCUT2D eigenvalue weighted by molar-refractivity contribution is 5.78. The molecule has 4 heteroatoms. The van der Waals surface area contributed by atoms with Crippen molar-refractivity contribution in [3.63, 3.8) is 0 Å². The Morgan fingerprint density at radius 3 is 2.68 bits per heavy atom. The lowest BCUT2D eigenvalue weighted by Gasteiger charge is -2.31. The Balaban J connectivity index is 1.92. The van der Waals surface area contributed by atoms with Crippen LogP contribution in [0.3, 0.4) is 0 Å². The number of benzene rings is 1. The summed E-state index contributed by atoms with van der Waals surface area (Å²) in [5.41, 5.74) is 4.94. The zero-order valence-corrected chi connectivity index (χ0v) is 11.6.